The lowest BCUT2D eigenvalue weighted by Gasteiger charge is -2.11. The van der Waals surface area contributed by atoms with Crippen LogP contribution in [0.5, 0.6) is 11.5 Å². The fourth-order valence-electron chi connectivity index (χ4n) is 2.80. The van der Waals surface area contributed by atoms with Gasteiger partial charge in [-0.25, -0.2) is 0 Å². The van der Waals surface area contributed by atoms with E-state index < -0.39 is 0 Å². The van der Waals surface area contributed by atoms with Gasteiger partial charge >= 0.3 is 0 Å². The molecule has 1 atom stereocenters. The summed E-state index contributed by atoms with van der Waals surface area (Å²) in [6, 6.07) is 7.81. The van der Waals surface area contributed by atoms with E-state index in [1.807, 2.05) is 18.2 Å². The van der Waals surface area contributed by atoms with E-state index in [1.165, 1.54) is 25.7 Å². The second-order valence-electron chi connectivity index (χ2n) is 6.15. The molecule has 0 aliphatic carbocycles. The number of methoxy groups -OCH3 is 2. The maximum atomic E-state index is 6.23. The third kappa shape index (κ3) is 4.47. The molecule has 0 radical (unpaired) electrons. The van der Waals surface area contributed by atoms with Crippen LogP contribution in [0.4, 0.5) is 0 Å². The number of hydrogen-bond acceptors (Lipinski definition) is 3. The molecule has 1 aromatic heterocycles. The maximum Gasteiger partial charge on any atom is 0.141 e. The van der Waals surface area contributed by atoms with Gasteiger partial charge in [0.15, 0.2) is 0 Å². The Labute approximate surface area is 149 Å². The molecule has 0 saturated heterocycles. The van der Waals surface area contributed by atoms with E-state index in [2.05, 4.69) is 19.9 Å². The predicted octanol–water partition coefficient (Wildman–Crippen LogP) is 6.69. The van der Waals surface area contributed by atoms with Gasteiger partial charge in [0.2, 0.25) is 0 Å². The molecular weight excluding hydrogens is 324 g/mol. The van der Waals surface area contributed by atoms with Crippen LogP contribution in [0.15, 0.2) is 28.7 Å². The minimum Gasteiger partial charge on any atom is -0.495 e. The Morgan fingerprint density at radius 3 is 2.29 bits per heavy atom. The van der Waals surface area contributed by atoms with Crippen LogP contribution >= 0.6 is 11.6 Å². The molecule has 0 aliphatic heterocycles. The number of ether oxygens (including phenoxy) is 2. The second-order valence-corrected chi connectivity index (χ2v) is 6.53. The van der Waals surface area contributed by atoms with E-state index in [9.17, 15) is 0 Å². The molecule has 0 N–H and O–H groups in total. The molecule has 132 valence electrons. The lowest BCUT2D eigenvalue weighted by atomic mass is 10.0. The van der Waals surface area contributed by atoms with Gasteiger partial charge in [-0.2, -0.15) is 0 Å². The van der Waals surface area contributed by atoms with Gasteiger partial charge in [-0.1, -0.05) is 51.1 Å². The average Bonchev–Trinajstić information content (AvgIpc) is 3.09. The molecule has 24 heavy (non-hydrogen) atoms. The third-order valence-electron chi connectivity index (χ3n) is 4.33. The predicted molar refractivity (Wildman–Crippen MR) is 99.4 cm³/mol. The highest BCUT2D eigenvalue weighted by Gasteiger charge is 2.15. The van der Waals surface area contributed by atoms with Crippen LogP contribution in [0.2, 0.25) is 5.02 Å². The molecule has 1 unspecified atom stereocenters. The summed E-state index contributed by atoms with van der Waals surface area (Å²) in [7, 11) is 3.19. The van der Waals surface area contributed by atoms with E-state index in [0.29, 0.717) is 22.4 Å². The van der Waals surface area contributed by atoms with Crippen LogP contribution in [-0.4, -0.2) is 14.2 Å². The van der Waals surface area contributed by atoms with Gasteiger partial charge in [0.25, 0.3) is 0 Å². The van der Waals surface area contributed by atoms with E-state index in [4.69, 9.17) is 25.5 Å². The lowest BCUT2D eigenvalue weighted by Crippen LogP contribution is -1.92. The van der Waals surface area contributed by atoms with Crippen LogP contribution in [0, 0.1) is 0 Å². The van der Waals surface area contributed by atoms with Crippen LogP contribution in [-0.2, 0) is 0 Å². The van der Waals surface area contributed by atoms with E-state index in [-0.39, 0.29) is 0 Å². The van der Waals surface area contributed by atoms with Crippen molar-refractivity contribution >= 4 is 11.6 Å². The first-order chi connectivity index (χ1) is 11.6. The quantitative estimate of drug-likeness (QED) is 0.472. The molecule has 0 spiro atoms. The molecule has 0 amide bonds. The molecule has 0 aliphatic rings. The summed E-state index contributed by atoms with van der Waals surface area (Å²) in [6.07, 6.45) is 6.26. The molecule has 0 bridgehead atoms. The minimum absolute atomic E-state index is 0.423. The summed E-state index contributed by atoms with van der Waals surface area (Å²) >= 11 is 6.23. The first-order valence-electron chi connectivity index (χ1n) is 8.62. The van der Waals surface area contributed by atoms with Crippen molar-refractivity contribution in [3.8, 4) is 22.8 Å². The zero-order chi connectivity index (χ0) is 17.5. The summed E-state index contributed by atoms with van der Waals surface area (Å²) in [5.74, 6) is 3.41. The smallest absolute Gasteiger partial charge is 0.141 e. The Balaban J connectivity index is 2.15. The first kappa shape index (κ1) is 18.7. The highest BCUT2D eigenvalue weighted by molar-refractivity contribution is 6.33. The van der Waals surface area contributed by atoms with Crippen LogP contribution in [0.3, 0.4) is 0 Å². The fraction of sp³-hybridized carbons (Fsp3) is 0.500. The standard InChI is InChI=1S/C20H27ClO3/c1-5-6-7-8-9-14(2)16-10-11-17(24-16)15-12-18(22-3)20(21)19(13-15)23-4/h10-14H,5-9H2,1-4H3. The van der Waals surface area contributed by atoms with Crippen LogP contribution in [0.25, 0.3) is 11.3 Å². The highest BCUT2D eigenvalue weighted by atomic mass is 35.5. The normalized spacial score (nSPS) is 12.2. The van der Waals surface area contributed by atoms with Crippen molar-refractivity contribution in [1.82, 2.24) is 0 Å². The van der Waals surface area contributed by atoms with Crippen LogP contribution < -0.4 is 9.47 Å². The van der Waals surface area contributed by atoms with Gasteiger partial charge in [0.1, 0.15) is 28.0 Å². The number of rotatable bonds is 9. The second kappa shape index (κ2) is 9.03. The number of benzene rings is 1. The number of unbranched alkanes of at least 4 members (excludes halogenated alkanes) is 3. The van der Waals surface area contributed by atoms with Crippen LogP contribution in [0.1, 0.15) is 57.6 Å². The molecular formula is C20H27ClO3. The monoisotopic (exact) mass is 350 g/mol. The van der Waals surface area contributed by atoms with E-state index in [1.54, 1.807) is 14.2 Å². The molecule has 0 saturated carbocycles. The largest absolute Gasteiger partial charge is 0.495 e. The average molecular weight is 351 g/mol. The van der Waals surface area contributed by atoms with Crippen molar-refractivity contribution in [2.45, 2.75) is 51.9 Å². The van der Waals surface area contributed by atoms with Gasteiger partial charge in [-0.15, -0.1) is 0 Å². The van der Waals surface area contributed by atoms with Crippen molar-refractivity contribution in [2.24, 2.45) is 0 Å². The van der Waals surface area contributed by atoms with Crippen molar-refractivity contribution in [3.05, 3.63) is 35.0 Å². The highest BCUT2D eigenvalue weighted by Crippen LogP contribution is 2.39. The lowest BCUT2D eigenvalue weighted by molar-refractivity contribution is 0.394. The summed E-state index contributed by atoms with van der Waals surface area (Å²) in [4.78, 5) is 0. The van der Waals surface area contributed by atoms with Crippen molar-refractivity contribution in [2.75, 3.05) is 14.2 Å². The van der Waals surface area contributed by atoms with E-state index in [0.717, 1.165) is 23.5 Å². The summed E-state index contributed by atoms with van der Waals surface area (Å²) in [5.41, 5.74) is 0.900. The van der Waals surface area contributed by atoms with Gasteiger partial charge in [0, 0.05) is 11.5 Å². The Morgan fingerprint density at radius 2 is 1.71 bits per heavy atom. The third-order valence-corrected chi connectivity index (χ3v) is 4.71. The maximum absolute atomic E-state index is 6.23. The summed E-state index contributed by atoms with van der Waals surface area (Å²) < 4.78 is 16.7. The molecule has 3 nitrogen and oxygen atoms in total. The fourth-order valence-corrected chi connectivity index (χ4v) is 3.07. The Hall–Kier alpha value is -1.61. The van der Waals surface area contributed by atoms with Gasteiger partial charge in [-0.05, 0) is 30.7 Å². The molecule has 0 fully saturated rings. The van der Waals surface area contributed by atoms with Gasteiger partial charge < -0.3 is 13.9 Å². The first-order valence-corrected chi connectivity index (χ1v) is 9.00. The van der Waals surface area contributed by atoms with Gasteiger partial charge in [-0.3, -0.25) is 0 Å². The molecule has 1 aromatic carbocycles. The van der Waals surface area contributed by atoms with Crippen molar-refractivity contribution < 1.29 is 13.9 Å². The topological polar surface area (TPSA) is 31.6 Å². The summed E-state index contributed by atoms with van der Waals surface area (Å²) in [5, 5.41) is 0.472. The molecule has 2 rings (SSSR count). The Bertz CT molecular complexity index is 623. The van der Waals surface area contributed by atoms with Crippen molar-refractivity contribution in [1.29, 1.82) is 0 Å². The number of furan rings is 1. The van der Waals surface area contributed by atoms with Crippen molar-refractivity contribution in [3.63, 3.8) is 0 Å². The molecule has 1 heterocycles. The minimum atomic E-state index is 0.423. The zero-order valence-electron chi connectivity index (χ0n) is 15.0. The van der Waals surface area contributed by atoms with Gasteiger partial charge in [0.05, 0.1) is 14.2 Å². The number of halogens is 1. The van der Waals surface area contributed by atoms with E-state index >= 15 is 0 Å². The Morgan fingerprint density at radius 1 is 1.04 bits per heavy atom. The molecule has 2 aromatic rings. The Kier molecular flexibility index (Phi) is 7.04. The zero-order valence-corrected chi connectivity index (χ0v) is 15.8. The number of hydrogen-bond donors (Lipinski definition) is 0. The summed E-state index contributed by atoms with van der Waals surface area (Å²) in [6.45, 7) is 4.45. The molecule has 4 heteroatoms. The SMILES string of the molecule is CCCCCCC(C)c1ccc(-c2cc(OC)c(Cl)c(OC)c2)o1.